The number of ether oxygens (including phenoxy) is 1. The van der Waals surface area contributed by atoms with E-state index < -0.39 is 0 Å². The van der Waals surface area contributed by atoms with Gasteiger partial charge in [-0.1, -0.05) is 36.8 Å². The molecule has 1 aromatic carbocycles. The van der Waals surface area contributed by atoms with E-state index in [2.05, 4.69) is 16.0 Å². The van der Waals surface area contributed by atoms with E-state index in [-0.39, 0.29) is 17.7 Å². The average molecular weight is 467 g/mol. The van der Waals surface area contributed by atoms with Crippen LogP contribution in [0.3, 0.4) is 0 Å². The molecule has 2 heterocycles. The summed E-state index contributed by atoms with van der Waals surface area (Å²) >= 11 is 5.33. The molecule has 7 nitrogen and oxygen atoms in total. The molecule has 0 saturated carbocycles. The number of para-hydroxylation sites is 2. The molecule has 0 radical (unpaired) electrons. The van der Waals surface area contributed by atoms with Crippen LogP contribution in [0.5, 0.6) is 5.75 Å². The first kappa shape index (κ1) is 23.2. The summed E-state index contributed by atoms with van der Waals surface area (Å²) < 4.78 is 5.46. The van der Waals surface area contributed by atoms with Crippen LogP contribution in [0.4, 0.5) is 5.69 Å². The number of nitrogens with zero attached hydrogens (tertiary/aromatic N) is 4. The third kappa shape index (κ3) is 5.33. The molecule has 0 spiro atoms. The average Bonchev–Trinajstić information content (AvgIpc) is 2.85. The number of hydrogen-bond acceptors (Lipinski definition) is 5. The fourth-order valence-electron chi connectivity index (χ4n) is 4.45. The summed E-state index contributed by atoms with van der Waals surface area (Å²) in [7, 11) is 1.68. The number of carbonyl (C=O) groups is 2. The SMILES string of the molecule is COc1ccccc1N1CCN(C(=O)CCCCCN2C(=O)C3C=CC=CC3=NC2=S)CC1. The maximum Gasteiger partial charge on any atom is 0.241 e. The lowest BCUT2D eigenvalue weighted by atomic mass is 9.95. The molecule has 174 valence electrons. The van der Waals surface area contributed by atoms with Crippen LogP contribution in [0, 0.1) is 5.92 Å². The minimum absolute atomic E-state index is 0.00501. The second kappa shape index (κ2) is 10.7. The largest absolute Gasteiger partial charge is 0.495 e. The Morgan fingerprint density at radius 2 is 1.91 bits per heavy atom. The normalized spacial score (nSPS) is 20.1. The Kier molecular flexibility index (Phi) is 7.54. The number of unbranched alkanes of at least 4 members (excludes halogenated alkanes) is 2. The molecule has 8 heteroatoms. The number of thiocarbonyl (C=S) groups is 1. The summed E-state index contributed by atoms with van der Waals surface area (Å²) in [5.41, 5.74) is 1.80. The number of methoxy groups -OCH3 is 1. The molecule has 2 amide bonds. The van der Waals surface area contributed by atoms with Gasteiger partial charge in [-0.2, -0.15) is 0 Å². The Hall–Kier alpha value is -3.00. The van der Waals surface area contributed by atoms with Crippen molar-refractivity contribution in [1.29, 1.82) is 0 Å². The molecular formula is C25H30N4O3S. The van der Waals surface area contributed by atoms with E-state index in [1.165, 1.54) is 0 Å². The topological polar surface area (TPSA) is 65.5 Å². The highest BCUT2D eigenvalue weighted by Gasteiger charge is 2.33. The van der Waals surface area contributed by atoms with E-state index >= 15 is 0 Å². The van der Waals surface area contributed by atoms with Crippen molar-refractivity contribution >= 4 is 40.5 Å². The number of piperazine rings is 1. The lowest BCUT2D eigenvalue weighted by Crippen LogP contribution is -2.48. The number of carbonyl (C=O) groups excluding carboxylic acids is 2. The van der Waals surface area contributed by atoms with Crippen LogP contribution in [-0.2, 0) is 9.59 Å². The Morgan fingerprint density at radius 1 is 1.12 bits per heavy atom. The number of allylic oxidation sites excluding steroid dienone is 3. The van der Waals surface area contributed by atoms with Gasteiger partial charge in [-0.3, -0.25) is 14.5 Å². The molecule has 0 aromatic heterocycles. The van der Waals surface area contributed by atoms with Crippen molar-refractivity contribution in [2.75, 3.05) is 44.7 Å². The molecule has 0 N–H and O–H groups in total. The van der Waals surface area contributed by atoms with Crippen LogP contribution in [0.15, 0.2) is 53.6 Å². The number of fused-ring (bicyclic) bond motifs is 1. The van der Waals surface area contributed by atoms with Gasteiger partial charge in [-0.15, -0.1) is 0 Å². The van der Waals surface area contributed by atoms with E-state index in [4.69, 9.17) is 17.0 Å². The van der Waals surface area contributed by atoms with Crippen LogP contribution in [0.25, 0.3) is 0 Å². The summed E-state index contributed by atoms with van der Waals surface area (Å²) in [6, 6.07) is 7.99. The maximum atomic E-state index is 12.7. The highest BCUT2D eigenvalue weighted by molar-refractivity contribution is 7.80. The predicted molar refractivity (Wildman–Crippen MR) is 134 cm³/mol. The number of hydrogen-bond donors (Lipinski definition) is 0. The molecule has 3 aliphatic rings. The fourth-order valence-corrected chi connectivity index (χ4v) is 4.74. The molecule has 4 rings (SSSR count). The van der Waals surface area contributed by atoms with Gasteiger partial charge < -0.3 is 14.5 Å². The van der Waals surface area contributed by atoms with Crippen LogP contribution in [0.1, 0.15) is 25.7 Å². The van der Waals surface area contributed by atoms with Gasteiger partial charge in [0, 0.05) is 39.1 Å². The second-order valence-electron chi connectivity index (χ2n) is 8.38. The fraction of sp³-hybridized carbons (Fsp3) is 0.440. The molecule has 1 atom stereocenters. The van der Waals surface area contributed by atoms with Gasteiger partial charge in [-0.05, 0) is 43.3 Å². The number of rotatable bonds is 8. The minimum atomic E-state index is -0.321. The summed E-state index contributed by atoms with van der Waals surface area (Å²) in [6.07, 6.45) is 10.5. The smallest absolute Gasteiger partial charge is 0.241 e. The number of amides is 2. The second-order valence-corrected chi connectivity index (χ2v) is 8.75. The van der Waals surface area contributed by atoms with Crippen molar-refractivity contribution in [2.45, 2.75) is 25.7 Å². The predicted octanol–water partition coefficient (Wildman–Crippen LogP) is 3.21. The minimum Gasteiger partial charge on any atom is -0.495 e. The van der Waals surface area contributed by atoms with E-state index in [0.29, 0.717) is 18.1 Å². The zero-order chi connectivity index (χ0) is 23.2. The van der Waals surface area contributed by atoms with Gasteiger partial charge in [0.15, 0.2) is 0 Å². The summed E-state index contributed by atoms with van der Waals surface area (Å²) in [6.45, 7) is 3.59. The van der Waals surface area contributed by atoms with Crippen molar-refractivity contribution in [3.05, 3.63) is 48.6 Å². The molecule has 1 unspecified atom stereocenters. The van der Waals surface area contributed by atoms with Crippen molar-refractivity contribution < 1.29 is 14.3 Å². The summed E-state index contributed by atoms with van der Waals surface area (Å²) in [5, 5.41) is 0.343. The Bertz CT molecular complexity index is 995. The van der Waals surface area contributed by atoms with Crippen LogP contribution in [0.2, 0.25) is 0 Å². The molecular weight excluding hydrogens is 436 g/mol. The lowest BCUT2D eigenvalue weighted by molar-refractivity contribution is -0.132. The maximum absolute atomic E-state index is 12.7. The van der Waals surface area contributed by atoms with Crippen LogP contribution < -0.4 is 9.64 Å². The van der Waals surface area contributed by atoms with Crippen molar-refractivity contribution in [3.63, 3.8) is 0 Å². The highest BCUT2D eigenvalue weighted by Crippen LogP contribution is 2.28. The molecule has 1 aromatic rings. The molecule has 1 saturated heterocycles. The van der Waals surface area contributed by atoms with Gasteiger partial charge in [0.25, 0.3) is 0 Å². The zero-order valence-electron chi connectivity index (χ0n) is 19.0. The monoisotopic (exact) mass is 466 g/mol. The highest BCUT2D eigenvalue weighted by atomic mass is 32.1. The molecule has 1 aliphatic carbocycles. The molecule has 33 heavy (non-hydrogen) atoms. The van der Waals surface area contributed by atoms with Gasteiger partial charge in [0.2, 0.25) is 16.9 Å². The zero-order valence-corrected chi connectivity index (χ0v) is 19.8. The van der Waals surface area contributed by atoms with Crippen molar-refractivity contribution in [2.24, 2.45) is 10.9 Å². The lowest BCUT2D eigenvalue weighted by Gasteiger charge is -2.36. The van der Waals surface area contributed by atoms with Crippen molar-refractivity contribution in [1.82, 2.24) is 9.80 Å². The van der Waals surface area contributed by atoms with E-state index in [0.717, 1.165) is 62.6 Å². The number of benzene rings is 1. The van der Waals surface area contributed by atoms with Crippen LogP contribution in [-0.4, -0.2) is 72.3 Å². The van der Waals surface area contributed by atoms with E-state index in [1.54, 1.807) is 12.0 Å². The summed E-state index contributed by atoms with van der Waals surface area (Å²) in [4.78, 5) is 35.6. The first-order valence-electron chi connectivity index (χ1n) is 11.5. The van der Waals surface area contributed by atoms with Gasteiger partial charge >= 0.3 is 0 Å². The Labute approximate surface area is 200 Å². The first-order chi connectivity index (χ1) is 16.1. The quantitative estimate of drug-likeness (QED) is 0.435. The molecule has 1 fully saturated rings. The van der Waals surface area contributed by atoms with E-state index in [1.807, 2.05) is 47.4 Å². The van der Waals surface area contributed by atoms with Gasteiger partial charge in [0.05, 0.1) is 24.4 Å². The third-order valence-electron chi connectivity index (χ3n) is 6.32. The molecule has 0 bridgehead atoms. The number of aliphatic imine (C=N–C) groups is 1. The standard InChI is InChI=1S/C25H30N4O3S/c1-32-22-12-7-6-11-21(22)27-15-17-28(18-16-27)23(30)13-3-2-8-14-29-24(31)19-9-4-5-10-20(19)26-25(29)33/h4-7,9-12,19H,2-3,8,13-18H2,1H3. The number of anilines is 1. The summed E-state index contributed by atoms with van der Waals surface area (Å²) in [5.74, 6) is 0.738. The first-order valence-corrected chi connectivity index (χ1v) is 11.9. The Morgan fingerprint density at radius 3 is 2.70 bits per heavy atom. The Balaban J connectivity index is 1.17. The van der Waals surface area contributed by atoms with Gasteiger partial charge in [0.1, 0.15) is 5.75 Å². The van der Waals surface area contributed by atoms with Crippen molar-refractivity contribution in [3.8, 4) is 5.75 Å². The van der Waals surface area contributed by atoms with Gasteiger partial charge in [-0.25, -0.2) is 4.99 Å². The molecule has 2 aliphatic heterocycles. The third-order valence-corrected chi connectivity index (χ3v) is 6.63. The van der Waals surface area contributed by atoms with E-state index in [9.17, 15) is 9.59 Å². The van der Waals surface area contributed by atoms with Crippen LogP contribution >= 0.6 is 12.2 Å².